The average Bonchev–Trinajstić information content (AvgIpc) is 2.88. The van der Waals surface area contributed by atoms with Crippen molar-refractivity contribution in [2.24, 2.45) is 0 Å². The van der Waals surface area contributed by atoms with Crippen LogP contribution in [0.5, 0.6) is 0 Å². The van der Waals surface area contributed by atoms with Crippen LogP contribution in [0.1, 0.15) is 18.2 Å². The van der Waals surface area contributed by atoms with E-state index in [-0.39, 0.29) is 18.2 Å². The first-order valence-corrected chi connectivity index (χ1v) is 6.08. The number of anilines is 2. The number of nitrogens with one attached hydrogen (secondary N) is 2. The standard InChI is InChI=1S/C13H14F3N3O/c1-2-17-11-6-9(13(14,15)16)7-12(19-11)18-8-10-4-3-5-20-10/h3-7H,2,8H2,1H3,(H2,17,18,19). The van der Waals surface area contributed by atoms with Crippen molar-refractivity contribution in [3.63, 3.8) is 0 Å². The molecule has 2 aromatic heterocycles. The second kappa shape index (κ2) is 5.85. The summed E-state index contributed by atoms with van der Waals surface area (Å²) < 4.78 is 43.5. The smallest absolute Gasteiger partial charge is 0.416 e. The van der Waals surface area contributed by atoms with Gasteiger partial charge in [-0.15, -0.1) is 0 Å². The average molecular weight is 285 g/mol. The molecule has 0 atom stereocenters. The number of halogens is 3. The Bertz CT molecular complexity index is 552. The largest absolute Gasteiger partial charge is 0.467 e. The fourth-order valence-electron chi connectivity index (χ4n) is 1.65. The molecular formula is C13H14F3N3O. The molecule has 0 saturated heterocycles. The Kier molecular flexibility index (Phi) is 4.16. The maximum absolute atomic E-state index is 12.8. The van der Waals surface area contributed by atoms with Crippen molar-refractivity contribution in [1.82, 2.24) is 4.98 Å². The van der Waals surface area contributed by atoms with E-state index in [0.29, 0.717) is 12.3 Å². The summed E-state index contributed by atoms with van der Waals surface area (Å²) in [6, 6.07) is 5.40. The van der Waals surface area contributed by atoms with Gasteiger partial charge in [0, 0.05) is 6.54 Å². The van der Waals surface area contributed by atoms with Gasteiger partial charge in [-0.2, -0.15) is 13.2 Å². The Morgan fingerprint density at radius 3 is 2.45 bits per heavy atom. The third-order valence-corrected chi connectivity index (χ3v) is 2.53. The Morgan fingerprint density at radius 2 is 1.90 bits per heavy atom. The molecule has 2 rings (SSSR count). The van der Waals surface area contributed by atoms with Crippen LogP contribution in [0.2, 0.25) is 0 Å². The van der Waals surface area contributed by atoms with Gasteiger partial charge in [0.05, 0.1) is 18.4 Å². The van der Waals surface area contributed by atoms with Gasteiger partial charge < -0.3 is 15.1 Å². The van der Waals surface area contributed by atoms with E-state index in [0.717, 1.165) is 12.1 Å². The lowest BCUT2D eigenvalue weighted by Gasteiger charge is -2.12. The van der Waals surface area contributed by atoms with E-state index in [1.807, 2.05) is 0 Å². The van der Waals surface area contributed by atoms with Crippen LogP contribution in [0.4, 0.5) is 24.8 Å². The summed E-state index contributed by atoms with van der Waals surface area (Å²) in [4.78, 5) is 4.07. The zero-order valence-corrected chi connectivity index (χ0v) is 10.8. The van der Waals surface area contributed by atoms with Crippen LogP contribution in [-0.2, 0) is 12.7 Å². The third-order valence-electron chi connectivity index (χ3n) is 2.53. The van der Waals surface area contributed by atoms with Crippen molar-refractivity contribution in [2.45, 2.75) is 19.6 Å². The lowest BCUT2D eigenvalue weighted by molar-refractivity contribution is -0.137. The quantitative estimate of drug-likeness (QED) is 0.878. The molecule has 0 saturated carbocycles. The lowest BCUT2D eigenvalue weighted by atomic mass is 10.2. The topological polar surface area (TPSA) is 50.1 Å². The zero-order valence-electron chi connectivity index (χ0n) is 10.8. The second-order valence-electron chi connectivity index (χ2n) is 4.09. The highest BCUT2D eigenvalue weighted by atomic mass is 19.4. The number of rotatable bonds is 5. The summed E-state index contributed by atoms with van der Waals surface area (Å²) in [5.41, 5.74) is -0.745. The van der Waals surface area contributed by atoms with Crippen molar-refractivity contribution in [1.29, 1.82) is 0 Å². The molecule has 0 spiro atoms. The maximum atomic E-state index is 12.8. The van der Waals surface area contributed by atoms with Crippen LogP contribution in [-0.4, -0.2) is 11.5 Å². The number of furan rings is 1. The molecular weight excluding hydrogens is 271 g/mol. The summed E-state index contributed by atoms with van der Waals surface area (Å²) in [6.07, 6.45) is -2.91. The second-order valence-corrected chi connectivity index (χ2v) is 4.09. The minimum Gasteiger partial charge on any atom is -0.467 e. The van der Waals surface area contributed by atoms with Gasteiger partial charge in [-0.05, 0) is 31.2 Å². The minimum absolute atomic E-state index is 0.146. The number of hydrogen-bond donors (Lipinski definition) is 2. The van der Waals surface area contributed by atoms with Crippen LogP contribution in [0.15, 0.2) is 34.9 Å². The van der Waals surface area contributed by atoms with Crippen molar-refractivity contribution in [2.75, 3.05) is 17.2 Å². The van der Waals surface area contributed by atoms with Crippen LogP contribution < -0.4 is 10.6 Å². The Hall–Kier alpha value is -2.18. The van der Waals surface area contributed by atoms with Crippen LogP contribution in [0, 0.1) is 0 Å². The predicted octanol–water partition coefficient (Wildman–Crippen LogP) is 3.74. The molecule has 2 aromatic rings. The first-order chi connectivity index (χ1) is 9.49. The monoisotopic (exact) mass is 285 g/mol. The number of pyridine rings is 1. The van der Waals surface area contributed by atoms with Crippen LogP contribution >= 0.6 is 0 Å². The van der Waals surface area contributed by atoms with Gasteiger partial charge in [0.2, 0.25) is 0 Å². The highest BCUT2D eigenvalue weighted by Crippen LogP contribution is 2.32. The highest BCUT2D eigenvalue weighted by molar-refractivity contribution is 5.49. The molecule has 20 heavy (non-hydrogen) atoms. The van der Waals surface area contributed by atoms with E-state index in [1.165, 1.54) is 6.26 Å². The van der Waals surface area contributed by atoms with Gasteiger partial charge in [0.25, 0.3) is 0 Å². The summed E-state index contributed by atoms with van der Waals surface area (Å²) in [7, 11) is 0. The number of aromatic nitrogens is 1. The number of alkyl halides is 3. The van der Waals surface area contributed by atoms with E-state index < -0.39 is 11.7 Å². The Balaban J connectivity index is 2.20. The van der Waals surface area contributed by atoms with Crippen molar-refractivity contribution >= 4 is 11.6 Å². The van der Waals surface area contributed by atoms with Gasteiger partial charge in [-0.25, -0.2) is 4.98 Å². The van der Waals surface area contributed by atoms with Crippen LogP contribution in [0.3, 0.4) is 0 Å². The summed E-state index contributed by atoms with van der Waals surface area (Å²) in [5, 5.41) is 5.59. The fraction of sp³-hybridized carbons (Fsp3) is 0.308. The van der Waals surface area contributed by atoms with Gasteiger partial charge in [-0.3, -0.25) is 0 Å². The van der Waals surface area contributed by atoms with E-state index in [2.05, 4.69) is 15.6 Å². The van der Waals surface area contributed by atoms with E-state index in [1.54, 1.807) is 19.1 Å². The predicted molar refractivity (Wildman–Crippen MR) is 69.4 cm³/mol. The first kappa shape index (κ1) is 14.2. The first-order valence-electron chi connectivity index (χ1n) is 6.08. The van der Waals surface area contributed by atoms with Gasteiger partial charge in [-0.1, -0.05) is 0 Å². The fourth-order valence-corrected chi connectivity index (χ4v) is 1.65. The SMILES string of the molecule is CCNc1cc(C(F)(F)F)cc(NCc2ccco2)n1. The molecule has 0 bridgehead atoms. The molecule has 0 radical (unpaired) electrons. The third kappa shape index (κ3) is 3.66. The van der Waals surface area contributed by atoms with E-state index in [4.69, 9.17) is 4.42 Å². The van der Waals surface area contributed by atoms with E-state index >= 15 is 0 Å². The molecule has 108 valence electrons. The number of hydrogen-bond acceptors (Lipinski definition) is 4. The van der Waals surface area contributed by atoms with Crippen molar-refractivity contribution in [3.05, 3.63) is 41.9 Å². The van der Waals surface area contributed by atoms with Gasteiger partial charge >= 0.3 is 6.18 Å². The van der Waals surface area contributed by atoms with Gasteiger partial charge in [0.1, 0.15) is 17.4 Å². The molecule has 2 N–H and O–H groups in total. The molecule has 0 unspecified atom stereocenters. The van der Waals surface area contributed by atoms with Crippen molar-refractivity contribution < 1.29 is 17.6 Å². The molecule has 7 heteroatoms. The normalized spacial score (nSPS) is 11.4. The molecule has 0 fully saturated rings. The summed E-state index contributed by atoms with van der Waals surface area (Å²) in [5.74, 6) is 0.950. The van der Waals surface area contributed by atoms with Gasteiger partial charge in [0.15, 0.2) is 0 Å². The molecule has 4 nitrogen and oxygen atoms in total. The summed E-state index contributed by atoms with van der Waals surface area (Å²) >= 11 is 0. The molecule has 0 aliphatic rings. The summed E-state index contributed by atoms with van der Waals surface area (Å²) in [6.45, 7) is 2.55. The molecule has 2 heterocycles. The molecule has 0 aliphatic heterocycles. The zero-order chi connectivity index (χ0) is 14.6. The Morgan fingerprint density at radius 1 is 1.20 bits per heavy atom. The van der Waals surface area contributed by atoms with E-state index in [9.17, 15) is 13.2 Å². The minimum atomic E-state index is -4.41. The molecule has 0 amide bonds. The highest BCUT2D eigenvalue weighted by Gasteiger charge is 2.31. The number of nitrogens with zero attached hydrogens (tertiary/aromatic N) is 1. The van der Waals surface area contributed by atoms with Crippen molar-refractivity contribution in [3.8, 4) is 0 Å². The maximum Gasteiger partial charge on any atom is 0.416 e. The lowest BCUT2D eigenvalue weighted by Crippen LogP contribution is -2.10. The molecule has 0 aromatic carbocycles. The molecule has 0 aliphatic carbocycles. The van der Waals surface area contributed by atoms with Crippen LogP contribution in [0.25, 0.3) is 0 Å². The Labute approximate surface area is 114 Å².